The van der Waals surface area contributed by atoms with Gasteiger partial charge in [-0.2, -0.15) is 0 Å². The van der Waals surface area contributed by atoms with Crippen LogP contribution in [-0.4, -0.2) is 43.0 Å². The molecule has 0 N–H and O–H groups in total. The van der Waals surface area contributed by atoms with Crippen molar-refractivity contribution in [3.63, 3.8) is 0 Å². The fourth-order valence-electron chi connectivity index (χ4n) is 2.71. The molecular weight excluding hydrogens is 432 g/mol. The topological polar surface area (TPSA) is 36.4 Å². The summed E-state index contributed by atoms with van der Waals surface area (Å²) in [6, 6.07) is 11.8. The van der Waals surface area contributed by atoms with E-state index in [0.717, 1.165) is 23.2 Å². The van der Waals surface area contributed by atoms with E-state index in [1.807, 2.05) is 32.3 Å². The molecule has 154 valence electrons. The Bertz CT molecular complexity index is 1010. The monoisotopic (exact) mass is 453 g/mol. The normalized spacial score (nSPS) is 11.2. The highest BCUT2D eigenvalue weighted by molar-refractivity contribution is 7.22. The Morgan fingerprint density at radius 3 is 2.69 bits per heavy atom. The summed E-state index contributed by atoms with van der Waals surface area (Å²) in [4.78, 5) is 21.2. The van der Waals surface area contributed by atoms with Gasteiger partial charge >= 0.3 is 0 Å². The second kappa shape index (κ2) is 10.7. The summed E-state index contributed by atoms with van der Waals surface area (Å²) in [6.45, 7) is 1.36. The first kappa shape index (κ1) is 23.3. The van der Waals surface area contributed by atoms with Crippen molar-refractivity contribution in [1.82, 2.24) is 9.88 Å². The molecule has 0 aliphatic heterocycles. The van der Waals surface area contributed by atoms with Gasteiger partial charge in [-0.25, -0.2) is 9.37 Å². The van der Waals surface area contributed by atoms with Gasteiger partial charge in [-0.1, -0.05) is 41.1 Å². The largest absolute Gasteiger partial charge is 0.309 e. The van der Waals surface area contributed by atoms with Crippen LogP contribution in [0.25, 0.3) is 16.3 Å². The Morgan fingerprint density at radius 2 is 1.97 bits per heavy atom. The summed E-state index contributed by atoms with van der Waals surface area (Å²) in [5.74, 6) is -0.495. The molecule has 29 heavy (non-hydrogen) atoms. The van der Waals surface area contributed by atoms with Crippen LogP contribution in [0.4, 0.5) is 9.52 Å². The van der Waals surface area contributed by atoms with Crippen LogP contribution in [0.2, 0.25) is 5.02 Å². The summed E-state index contributed by atoms with van der Waals surface area (Å²) in [5, 5.41) is 1.15. The van der Waals surface area contributed by atoms with Crippen molar-refractivity contribution in [3.8, 4) is 0 Å². The SMILES string of the molecule is CN(C)CCCN(C(=O)C=Cc1ccccc1Cl)c1nc2ccc(F)cc2s1.Cl. The van der Waals surface area contributed by atoms with Crippen molar-refractivity contribution in [2.75, 3.05) is 32.1 Å². The van der Waals surface area contributed by atoms with Crippen LogP contribution in [0.15, 0.2) is 48.5 Å². The summed E-state index contributed by atoms with van der Waals surface area (Å²) in [7, 11) is 3.98. The van der Waals surface area contributed by atoms with Crippen LogP contribution in [-0.2, 0) is 4.79 Å². The van der Waals surface area contributed by atoms with Crippen LogP contribution in [0.5, 0.6) is 0 Å². The van der Waals surface area contributed by atoms with Gasteiger partial charge in [0.1, 0.15) is 5.82 Å². The number of carbonyl (C=O) groups is 1. The molecule has 0 radical (unpaired) electrons. The lowest BCUT2D eigenvalue weighted by atomic mass is 10.2. The minimum absolute atomic E-state index is 0. The van der Waals surface area contributed by atoms with Gasteiger partial charge in [-0.3, -0.25) is 9.69 Å². The van der Waals surface area contributed by atoms with Crippen molar-refractivity contribution >= 4 is 62.7 Å². The van der Waals surface area contributed by atoms with Gasteiger partial charge in [0.05, 0.1) is 10.2 Å². The lowest BCUT2D eigenvalue weighted by Crippen LogP contribution is -2.32. The fraction of sp³-hybridized carbons (Fsp3) is 0.238. The number of carbonyl (C=O) groups excluding carboxylic acids is 1. The third-order valence-corrected chi connectivity index (χ3v) is 5.52. The lowest BCUT2D eigenvalue weighted by Gasteiger charge is -2.19. The van der Waals surface area contributed by atoms with Crippen LogP contribution in [0, 0.1) is 5.82 Å². The van der Waals surface area contributed by atoms with Gasteiger partial charge in [0.2, 0.25) is 0 Å². The van der Waals surface area contributed by atoms with Crippen LogP contribution in [0.1, 0.15) is 12.0 Å². The maximum absolute atomic E-state index is 13.5. The molecule has 1 aromatic heterocycles. The van der Waals surface area contributed by atoms with Gasteiger partial charge in [0.25, 0.3) is 5.91 Å². The molecule has 0 saturated heterocycles. The summed E-state index contributed by atoms with van der Waals surface area (Å²) in [6.07, 6.45) is 4.00. The molecule has 0 aliphatic rings. The quantitative estimate of drug-likeness (QED) is 0.442. The molecule has 1 heterocycles. The molecule has 3 rings (SSSR count). The zero-order valence-electron chi connectivity index (χ0n) is 16.1. The standard InChI is InChI=1S/C21H21ClFN3OS.ClH/c1-25(2)12-5-13-26(20(27)11-8-15-6-3-4-7-17(15)22)21-24-18-10-9-16(23)14-19(18)28-21;/h3-4,6-11,14H,5,12-13H2,1-2H3;1H. The van der Waals surface area contributed by atoms with Gasteiger partial charge < -0.3 is 4.90 Å². The maximum Gasteiger partial charge on any atom is 0.252 e. The first-order valence-electron chi connectivity index (χ1n) is 8.89. The van der Waals surface area contributed by atoms with E-state index in [9.17, 15) is 9.18 Å². The Morgan fingerprint density at radius 1 is 1.21 bits per heavy atom. The van der Waals surface area contributed by atoms with Crippen molar-refractivity contribution in [2.45, 2.75) is 6.42 Å². The first-order valence-corrected chi connectivity index (χ1v) is 10.1. The summed E-state index contributed by atoms with van der Waals surface area (Å²) in [5.41, 5.74) is 1.46. The van der Waals surface area contributed by atoms with E-state index in [4.69, 9.17) is 11.6 Å². The number of amides is 1. The molecular formula is C21H22Cl2FN3OS. The third-order valence-electron chi connectivity index (χ3n) is 4.13. The predicted molar refractivity (Wildman–Crippen MR) is 123 cm³/mol. The van der Waals surface area contributed by atoms with Gasteiger partial charge in [0.15, 0.2) is 5.13 Å². The minimum Gasteiger partial charge on any atom is -0.309 e. The molecule has 3 aromatic rings. The molecule has 0 aliphatic carbocycles. The predicted octanol–water partition coefficient (Wildman–Crippen LogP) is 5.51. The smallest absolute Gasteiger partial charge is 0.252 e. The third kappa shape index (κ3) is 6.24. The van der Waals surface area contributed by atoms with Crippen LogP contribution >= 0.6 is 35.3 Å². The van der Waals surface area contributed by atoms with Gasteiger partial charge in [-0.05, 0) is 63.0 Å². The molecule has 0 fully saturated rings. The number of hydrogen-bond acceptors (Lipinski definition) is 4. The minimum atomic E-state index is -0.313. The average Bonchev–Trinajstić information content (AvgIpc) is 3.06. The molecule has 1 amide bonds. The van der Waals surface area contributed by atoms with Crippen molar-refractivity contribution in [3.05, 3.63) is 64.9 Å². The van der Waals surface area contributed by atoms with E-state index in [0.29, 0.717) is 22.2 Å². The number of rotatable bonds is 7. The average molecular weight is 454 g/mol. The van der Waals surface area contributed by atoms with E-state index in [1.165, 1.54) is 29.5 Å². The summed E-state index contributed by atoms with van der Waals surface area (Å²) < 4.78 is 14.2. The zero-order valence-corrected chi connectivity index (χ0v) is 18.5. The van der Waals surface area contributed by atoms with Crippen molar-refractivity contribution in [2.24, 2.45) is 0 Å². The molecule has 0 bridgehead atoms. The molecule has 0 atom stereocenters. The van der Waals surface area contributed by atoms with E-state index >= 15 is 0 Å². The van der Waals surface area contributed by atoms with E-state index in [-0.39, 0.29) is 24.1 Å². The Kier molecular flexibility index (Phi) is 8.59. The molecule has 0 spiro atoms. The number of halogens is 3. The molecule has 2 aromatic carbocycles. The first-order chi connectivity index (χ1) is 13.4. The number of thiazole rings is 1. The molecule has 0 saturated carbocycles. The molecule has 8 heteroatoms. The highest BCUT2D eigenvalue weighted by Crippen LogP contribution is 2.30. The van der Waals surface area contributed by atoms with Crippen molar-refractivity contribution < 1.29 is 9.18 Å². The van der Waals surface area contributed by atoms with Gasteiger partial charge in [-0.15, -0.1) is 12.4 Å². The Labute approximate surface area is 185 Å². The number of benzene rings is 2. The number of anilines is 1. The number of aromatic nitrogens is 1. The van der Waals surface area contributed by atoms with E-state index in [1.54, 1.807) is 23.1 Å². The van der Waals surface area contributed by atoms with Crippen molar-refractivity contribution in [1.29, 1.82) is 0 Å². The second-order valence-electron chi connectivity index (χ2n) is 6.61. The lowest BCUT2D eigenvalue weighted by molar-refractivity contribution is -0.114. The zero-order chi connectivity index (χ0) is 20.1. The fourth-order valence-corrected chi connectivity index (χ4v) is 3.93. The summed E-state index contributed by atoms with van der Waals surface area (Å²) >= 11 is 7.48. The van der Waals surface area contributed by atoms with Gasteiger partial charge in [0, 0.05) is 17.6 Å². The highest BCUT2D eigenvalue weighted by Gasteiger charge is 2.18. The number of nitrogens with zero attached hydrogens (tertiary/aromatic N) is 3. The number of hydrogen-bond donors (Lipinski definition) is 0. The molecule has 4 nitrogen and oxygen atoms in total. The second-order valence-corrected chi connectivity index (χ2v) is 8.03. The van der Waals surface area contributed by atoms with Crippen LogP contribution in [0.3, 0.4) is 0 Å². The molecule has 0 unspecified atom stereocenters. The number of fused-ring (bicyclic) bond motifs is 1. The van der Waals surface area contributed by atoms with E-state index in [2.05, 4.69) is 9.88 Å². The van der Waals surface area contributed by atoms with E-state index < -0.39 is 0 Å². The Hall–Kier alpha value is -1.99. The highest BCUT2D eigenvalue weighted by atomic mass is 35.5. The Balaban J connectivity index is 0.00000300. The maximum atomic E-state index is 13.5. The van der Waals surface area contributed by atoms with Crippen LogP contribution < -0.4 is 4.90 Å².